The second kappa shape index (κ2) is 3.27. The highest BCUT2D eigenvalue weighted by Gasteiger charge is 2.15. The third-order valence-electron chi connectivity index (χ3n) is 2.03. The van der Waals surface area contributed by atoms with Crippen molar-refractivity contribution in [1.82, 2.24) is 0 Å². The van der Waals surface area contributed by atoms with Gasteiger partial charge in [0.25, 0.3) is 5.69 Å². The number of hydrogen-bond donors (Lipinski definition) is 0. The minimum absolute atomic E-state index is 0.0234. The van der Waals surface area contributed by atoms with Crippen molar-refractivity contribution < 1.29 is 4.92 Å². The van der Waals surface area contributed by atoms with Gasteiger partial charge < -0.3 is 0 Å². The Morgan fingerprint density at radius 2 is 1.86 bits per heavy atom. The predicted octanol–water partition coefficient (Wildman–Crippen LogP) is 3.40. The molecular formula is C10H6ClNO2. The molecule has 0 bridgehead atoms. The second-order valence-corrected chi connectivity index (χ2v) is 3.28. The molecule has 0 saturated heterocycles. The lowest BCUT2D eigenvalue weighted by molar-refractivity contribution is -0.382. The van der Waals surface area contributed by atoms with Gasteiger partial charge in [0.15, 0.2) is 0 Å². The number of nitro groups is 1. The molecule has 0 spiro atoms. The highest BCUT2D eigenvalue weighted by atomic mass is 35.5. The van der Waals surface area contributed by atoms with Crippen molar-refractivity contribution in [2.24, 2.45) is 0 Å². The molecule has 0 fully saturated rings. The van der Waals surface area contributed by atoms with Crippen molar-refractivity contribution in [2.75, 3.05) is 0 Å². The van der Waals surface area contributed by atoms with Crippen LogP contribution in [0, 0.1) is 10.1 Å². The zero-order valence-corrected chi connectivity index (χ0v) is 7.86. The smallest absolute Gasteiger partial charge is 0.258 e. The van der Waals surface area contributed by atoms with Crippen LogP contribution in [0.1, 0.15) is 0 Å². The summed E-state index contributed by atoms with van der Waals surface area (Å²) in [5.74, 6) is 0. The van der Waals surface area contributed by atoms with E-state index in [4.69, 9.17) is 11.6 Å². The number of halogens is 1. The van der Waals surface area contributed by atoms with Gasteiger partial charge in [-0.1, -0.05) is 35.9 Å². The summed E-state index contributed by atoms with van der Waals surface area (Å²) < 4.78 is 0. The Morgan fingerprint density at radius 3 is 2.57 bits per heavy atom. The van der Waals surface area contributed by atoms with Gasteiger partial charge in [0, 0.05) is 0 Å². The van der Waals surface area contributed by atoms with Gasteiger partial charge in [0.1, 0.15) is 5.02 Å². The van der Waals surface area contributed by atoms with Gasteiger partial charge >= 0.3 is 0 Å². The zero-order chi connectivity index (χ0) is 10.1. The van der Waals surface area contributed by atoms with Crippen molar-refractivity contribution in [3.05, 3.63) is 51.5 Å². The minimum atomic E-state index is -0.454. The van der Waals surface area contributed by atoms with Gasteiger partial charge in [-0.05, 0) is 17.5 Å². The van der Waals surface area contributed by atoms with Crippen LogP contribution < -0.4 is 0 Å². The molecule has 0 aliphatic carbocycles. The number of benzene rings is 2. The Bertz CT molecular complexity index is 510. The topological polar surface area (TPSA) is 43.1 Å². The summed E-state index contributed by atoms with van der Waals surface area (Å²) in [6.07, 6.45) is 0. The lowest BCUT2D eigenvalue weighted by Crippen LogP contribution is -1.90. The largest absolute Gasteiger partial charge is 0.295 e. The molecule has 0 N–H and O–H groups in total. The zero-order valence-electron chi connectivity index (χ0n) is 7.11. The molecule has 0 aliphatic rings. The first kappa shape index (κ1) is 8.97. The number of nitrogens with zero attached hydrogens (tertiary/aromatic N) is 1. The molecule has 2 aromatic carbocycles. The van der Waals surface area contributed by atoms with Crippen LogP contribution in [0.5, 0.6) is 0 Å². The molecule has 0 radical (unpaired) electrons. The van der Waals surface area contributed by atoms with Crippen molar-refractivity contribution in [2.45, 2.75) is 0 Å². The van der Waals surface area contributed by atoms with Gasteiger partial charge in [0.05, 0.1) is 10.3 Å². The first-order valence-electron chi connectivity index (χ1n) is 4.02. The van der Waals surface area contributed by atoms with Crippen LogP contribution in [0.3, 0.4) is 0 Å². The van der Waals surface area contributed by atoms with Crippen LogP contribution in [-0.4, -0.2) is 4.92 Å². The molecule has 2 aromatic rings. The Labute approximate surface area is 85.1 Å². The molecule has 70 valence electrons. The van der Waals surface area contributed by atoms with Crippen molar-refractivity contribution in [1.29, 1.82) is 0 Å². The number of fused-ring (bicyclic) bond motifs is 1. The first-order chi connectivity index (χ1) is 6.70. The molecule has 0 aromatic heterocycles. The van der Waals surface area contributed by atoms with Crippen molar-refractivity contribution >= 4 is 28.1 Å². The Morgan fingerprint density at radius 1 is 1.14 bits per heavy atom. The average Bonchev–Trinajstić information content (AvgIpc) is 2.17. The average molecular weight is 208 g/mol. The van der Waals surface area contributed by atoms with Crippen LogP contribution in [0.15, 0.2) is 36.4 Å². The van der Waals surface area contributed by atoms with E-state index in [1.807, 2.05) is 12.1 Å². The van der Waals surface area contributed by atoms with E-state index < -0.39 is 4.92 Å². The summed E-state index contributed by atoms with van der Waals surface area (Å²) in [6.45, 7) is 0. The Balaban J connectivity index is 2.90. The van der Waals surface area contributed by atoms with Gasteiger partial charge in [-0.2, -0.15) is 0 Å². The van der Waals surface area contributed by atoms with Crippen molar-refractivity contribution in [3.63, 3.8) is 0 Å². The normalized spacial score (nSPS) is 10.4. The first-order valence-corrected chi connectivity index (χ1v) is 4.39. The third-order valence-corrected chi connectivity index (χ3v) is 2.34. The van der Waals surface area contributed by atoms with Crippen molar-refractivity contribution in [3.8, 4) is 0 Å². The molecule has 2 rings (SSSR count). The van der Waals surface area contributed by atoms with E-state index in [0.29, 0.717) is 5.39 Å². The lowest BCUT2D eigenvalue weighted by atomic mass is 10.1. The van der Waals surface area contributed by atoms with Crippen LogP contribution >= 0.6 is 11.6 Å². The summed E-state index contributed by atoms with van der Waals surface area (Å²) >= 11 is 5.76. The fourth-order valence-electron chi connectivity index (χ4n) is 1.41. The number of nitro benzene ring substituents is 1. The summed E-state index contributed by atoms with van der Waals surface area (Å²) in [7, 11) is 0. The van der Waals surface area contributed by atoms with E-state index in [0.717, 1.165) is 5.39 Å². The molecule has 0 atom stereocenters. The highest BCUT2D eigenvalue weighted by molar-refractivity contribution is 6.34. The van der Waals surface area contributed by atoms with Crippen LogP contribution in [-0.2, 0) is 0 Å². The number of rotatable bonds is 1. The SMILES string of the molecule is O=[N+]([O-])c1c(Cl)ccc2ccccc12. The Hall–Kier alpha value is -1.61. The molecule has 0 aliphatic heterocycles. The van der Waals surface area contributed by atoms with E-state index in [-0.39, 0.29) is 10.7 Å². The standard InChI is InChI=1S/C10H6ClNO2/c11-9-6-5-7-3-1-2-4-8(7)10(9)12(13)14/h1-6H. The van der Waals surface area contributed by atoms with Crippen LogP contribution in [0.2, 0.25) is 5.02 Å². The molecule has 0 unspecified atom stereocenters. The maximum atomic E-state index is 10.8. The third kappa shape index (κ3) is 1.32. The maximum absolute atomic E-state index is 10.8. The van der Waals surface area contributed by atoms with E-state index in [1.165, 1.54) is 0 Å². The van der Waals surface area contributed by atoms with Gasteiger partial charge in [0.2, 0.25) is 0 Å². The fraction of sp³-hybridized carbons (Fsp3) is 0. The fourth-order valence-corrected chi connectivity index (χ4v) is 1.65. The van der Waals surface area contributed by atoms with Crippen LogP contribution in [0.4, 0.5) is 5.69 Å². The monoisotopic (exact) mass is 207 g/mol. The molecular weight excluding hydrogens is 202 g/mol. The van der Waals surface area contributed by atoms with E-state index in [9.17, 15) is 10.1 Å². The number of hydrogen-bond acceptors (Lipinski definition) is 2. The predicted molar refractivity (Wildman–Crippen MR) is 55.6 cm³/mol. The molecule has 3 nitrogen and oxygen atoms in total. The minimum Gasteiger partial charge on any atom is -0.258 e. The van der Waals surface area contributed by atoms with E-state index >= 15 is 0 Å². The summed E-state index contributed by atoms with van der Waals surface area (Å²) in [5.41, 5.74) is -0.0234. The highest BCUT2D eigenvalue weighted by Crippen LogP contribution is 2.32. The molecule has 0 heterocycles. The molecule has 0 saturated carbocycles. The summed E-state index contributed by atoms with van der Waals surface area (Å²) in [5, 5.41) is 12.3. The second-order valence-electron chi connectivity index (χ2n) is 2.87. The lowest BCUT2D eigenvalue weighted by Gasteiger charge is -2.00. The molecule has 0 amide bonds. The van der Waals surface area contributed by atoms with E-state index in [2.05, 4.69) is 0 Å². The van der Waals surface area contributed by atoms with Crippen LogP contribution in [0.25, 0.3) is 10.8 Å². The Kier molecular flexibility index (Phi) is 2.09. The van der Waals surface area contributed by atoms with E-state index in [1.54, 1.807) is 24.3 Å². The summed E-state index contributed by atoms with van der Waals surface area (Å²) in [4.78, 5) is 10.3. The summed E-state index contributed by atoms with van der Waals surface area (Å²) in [6, 6.07) is 10.4. The molecule has 14 heavy (non-hydrogen) atoms. The molecule has 4 heteroatoms. The van der Waals surface area contributed by atoms with Gasteiger partial charge in [-0.25, -0.2) is 0 Å². The quantitative estimate of drug-likeness (QED) is 0.531. The maximum Gasteiger partial charge on any atom is 0.295 e. The van der Waals surface area contributed by atoms with Gasteiger partial charge in [-0.15, -0.1) is 0 Å². The van der Waals surface area contributed by atoms with Gasteiger partial charge in [-0.3, -0.25) is 10.1 Å².